The molecule has 3 atom stereocenters. The molecule has 0 aliphatic carbocycles. The van der Waals surface area contributed by atoms with Crippen molar-refractivity contribution >= 4 is 21.6 Å². The number of aromatic nitrogens is 2. The van der Waals surface area contributed by atoms with Crippen molar-refractivity contribution < 1.29 is 21.6 Å². The molecule has 1 fully saturated rings. The Morgan fingerprint density at radius 2 is 1.61 bits per heavy atom. The number of benzene rings is 2. The molecular weight excluding hydrogens is 477 g/mol. The zero-order valence-corrected chi connectivity index (χ0v) is 19.4. The Hall–Kier alpha value is -2.40. The number of hydrogen-bond donors (Lipinski definition) is 2. The molecule has 4 rings (SSSR count). The predicted molar refractivity (Wildman–Crippen MR) is 118 cm³/mol. The maximum atomic E-state index is 14.0. The molecule has 0 bridgehead atoms. The molecule has 1 aliphatic heterocycles. The first kappa shape index (κ1) is 23.7. The molecule has 33 heavy (non-hydrogen) atoms. The number of piperazine rings is 1. The molecule has 2 aromatic carbocycles. The van der Waals surface area contributed by atoms with Gasteiger partial charge in [-0.1, -0.05) is 23.7 Å². The van der Waals surface area contributed by atoms with Crippen molar-refractivity contribution in [3.05, 3.63) is 82.0 Å². The summed E-state index contributed by atoms with van der Waals surface area (Å²) in [6.07, 6.45) is 1.19. The number of nitrogens with zero attached hydrogens (tertiary/aromatic N) is 2. The van der Waals surface area contributed by atoms with Crippen LogP contribution in [0.1, 0.15) is 36.7 Å². The van der Waals surface area contributed by atoms with Gasteiger partial charge in [0.25, 0.3) is 10.0 Å². The summed E-state index contributed by atoms with van der Waals surface area (Å²) in [5, 5.41) is 2.99. The molecule has 1 saturated heterocycles. The van der Waals surface area contributed by atoms with Crippen LogP contribution in [0.4, 0.5) is 13.2 Å². The zero-order valence-electron chi connectivity index (χ0n) is 17.8. The Kier molecular flexibility index (Phi) is 6.54. The second kappa shape index (κ2) is 9.09. The number of sulfonamides is 1. The van der Waals surface area contributed by atoms with Gasteiger partial charge in [0.1, 0.15) is 11.6 Å². The summed E-state index contributed by atoms with van der Waals surface area (Å²) in [5.41, 5.74) is 0.717. The maximum Gasteiger partial charge on any atom is 0.260 e. The van der Waals surface area contributed by atoms with Crippen LogP contribution in [0.25, 0.3) is 0 Å². The van der Waals surface area contributed by atoms with Crippen LogP contribution in [0.3, 0.4) is 0 Å². The Morgan fingerprint density at radius 3 is 2.21 bits per heavy atom. The lowest BCUT2D eigenvalue weighted by atomic mass is 9.90. The number of aromatic amines is 1. The van der Waals surface area contributed by atoms with Gasteiger partial charge >= 0.3 is 0 Å². The molecule has 0 amide bonds. The summed E-state index contributed by atoms with van der Waals surface area (Å²) in [5.74, 6) is -3.43. The van der Waals surface area contributed by atoms with Crippen LogP contribution in [0, 0.1) is 17.5 Å². The van der Waals surface area contributed by atoms with Crippen LogP contribution in [-0.2, 0) is 10.0 Å². The largest absolute Gasteiger partial charge is 0.331 e. The molecule has 176 valence electrons. The minimum absolute atomic E-state index is 0.0257. The third kappa shape index (κ3) is 4.79. The fourth-order valence-corrected chi connectivity index (χ4v) is 5.83. The normalized spacial score (nSPS) is 20.7. The van der Waals surface area contributed by atoms with Gasteiger partial charge in [-0.15, -0.1) is 0 Å². The van der Waals surface area contributed by atoms with Crippen LogP contribution in [0.2, 0.25) is 5.02 Å². The number of imidazole rings is 1. The van der Waals surface area contributed by atoms with E-state index in [1.165, 1.54) is 28.7 Å². The second-order valence-electron chi connectivity index (χ2n) is 8.20. The topological polar surface area (TPSA) is 78.1 Å². The summed E-state index contributed by atoms with van der Waals surface area (Å²) in [6, 6.07) is 7.19. The molecule has 3 aromatic rings. The van der Waals surface area contributed by atoms with Gasteiger partial charge in [0.2, 0.25) is 0 Å². The third-order valence-electron chi connectivity index (χ3n) is 5.54. The maximum absolute atomic E-state index is 14.0. The second-order valence-corrected chi connectivity index (χ2v) is 10.5. The van der Waals surface area contributed by atoms with E-state index < -0.39 is 33.4 Å². The van der Waals surface area contributed by atoms with Crippen LogP contribution < -0.4 is 5.32 Å². The third-order valence-corrected chi connectivity index (χ3v) is 7.57. The number of rotatable bonds is 5. The van der Waals surface area contributed by atoms with Crippen molar-refractivity contribution in [1.29, 1.82) is 0 Å². The van der Waals surface area contributed by atoms with Crippen LogP contribution in [0.15, 0.2) is 47.6 Å². The highest BCUT2D eigenvalue weighted by atomic mass is 35.5. The van der Waals surface area contributed by atoms with Crippen molar-refractivity contribution in [3.63, 3.8) is 0 Å². The van der Waals surface area contributed by atoms with Crippen LogP contribution in [-0.4, -0.2) is 47.9 Å². The standard InChI is InChI=1S/C22H22ClF3N4O2S/c1-12-10-30(11-13(2)28-12)33(31,32)20-9-27-22(29-20)21(14-3-5-17(24)16(23)7-14)15-4-6-18(25)19(26)8-15/h3-9,12-13,21,28H,10-11H2,1-2H3,(H,27,29). The van der Waals surface area contributed by atoms with Crippen molar-refractivity contribution in [2.75, 3.05) is 13.1 Å². The highest BCUT2D eigenvalue weighted by molar-refractivity contribution is 7.89. The first-order valence-corrected chi connectivity index (χ1v) is 12.1. The number of hydrogen-bond acceptors (Lipinski definition) is 4. The first-order chi connectivity index (χ1) is 15.6. The van der Waals surface area contributed by atoms with Crippen molar-refractivity contribution in [2.24, 2.45) is 0 Å². The predicted octanol–water partition coefficient (Wildman–Crippen LogP) is 4.03. The fourth-order valence-electron chi connectivity index (χ4n) is 4.10. The minimum atomic E-state index is -3.88. The van der Waals surface area contributed by atoms with Gasteiger partial charge in [-0.25, -0.2) is 26.6 Å². The van der Waals surface area contributed by atoms with E-state index in [-0.39, 0.29) is 28.0 Å². The fraction of sp³-hybridized carbons (Fsp3) is 0.318. The lowest BCUT2D eigenvalue weighted by molar-refractivity contribution is 0.262. The quantitative estimate of drug-likeness (QED) is 0.557. The van der Waals surface area contributed by atoms with E-state index in [1.54, 1.807) is 0 Å². The number of H-pyrrole nitrogens is 1. The SMILES string of the molecule is CC1CN(S(=O)(=O)c2cnc(C(c3ccc(F)c(F)c3)c3ccc(F)c(Cl)c3)[nH]2)CC(C)N1. The summed E-state index contributed by atoms with van der Waals surface area (Å²) < 4.78 is 69.2. The summed E-state index contributed by atoms with van der Waals surface area (Å²) in [4.78, 5) is 7.07. The van der Waals surface area contributed by atoms with Crippen molar-refractivity contribution in [3.8, 4) is 0 Å². The van der Waals surface area contributed by atoms with Gasteiger partial charge in [0.15, 0.2) is 16.7 Å². The van der Waals surface area contributed by atoms with E-state index in [9.17, 15) is 21.6 Å². The van der Waals surface area contributed by atoms with E-state index in [2.05, 4.69) is 15.3 Å². The number of nitrogens with one attached hydrogen (secondary N) is 2. The van der Waals surface area contributed by atoms with Gasteiger partial charge in [0.05, 0.1) is 17.1 Å². The molecule has 1 aliphatic rings. The van der Waals surface area contributed by atoms with E-state index in [0.29, 0.717) is 24.2 Å². The highest BCUT2D eigenvalue weighted by Gasteiger charge is 2.33. The van der Waals surface area contributed by atoms with E-state index in [4.69, 9.17) is 11.6 Å². The Morgan fingerprint density at radius 1 is 1.00 bits per heavy atom. The van der Waals surface area contributed by atoms with Crippen molar-refractivity contribution in [1.82, 2.24) is 19.6 Å². The molecule has 11 heteroatoms. The Bertz CT molecular complexity index is 1220. The molecule has 3 unspecified atom stereocenters. The molecule has 0 spiro atoms. The van der Waals surface area contributed by atoms with E-state index in [1.807, 2.05) is 13.8 Å². The average molecular weight is 499 g/mol. The smallest absolute Gasteiger partial charge is 0.260 e. The summed E-state index contributed by atoms with van der Waals surface area (Å²) >= 11 is 5.95. The van der Waals surface area contributed by atoms with E-state index >= 15 is 0 Å². The summed E-state index contributed by atoms with van der Waals surface area (Å²) in [6.45, 7) is 4.38. The highest BCUT2D eigenvalue weighted by Crippen LogP contribution is 2.34. The molecule has 1 aromatic heterocycles. The van der Waals surface area contributed by atoms with Crippen LogP contribution >= 0.6 is 11.6 Å². The van der Waals surface area contributed by atoms with Gasteiger partial charge in [-0.3, -0.25) is 0 Å². The molecule has 0 radical (unpaired) electrons. The molecule has 0 saturated carbocycles. The Labute approximate surface area is 194 Å². The Balaban J connectivity index is 1.77. The van der Waals surface area contributed by atoms with Gasteiger partial charge in [-0.05, 0) is 49.2 Å². The number of halogens is 4. The lowest BCUT2D eigenvalue weighted by Gasteiger charge is -2.34. The van der Waals surface area contributed by atoms with Crippen molar-refractivity contribution in [2.45, 2.75) is 36.9 Å². The zero-order chi connectivity index (χ0) is 23.9. The van der Waals surface area contributed by atoms with E-state index in [0.717, 1.165) is 18.2 Å². The van der Waals surface area contributed by atoms with Gasteiger partial charge < -0.3 is 10.3 Å². The average Bonchev–Trinajstić information content (AvgIpc) is 3.23. The minimum Gasteiger partial charge on any atom is -0.331 e. The van der Waals surface area contributed by atoms with Gasteiger partial charge in [0, 0.05) is 25.2 Å². The molecule has 2 N–H and O–H groups in total. The molecule has 6 nitrogen and oxygen atoms in total. The molecular formula is C22H22ClF3N4O2S. The van der Waals surface area contributed by atoms with Crippen LogP contribution in [0.5, 0.6) is 0 Å². The van der Waals surface area contributed by atoms with Gasteiger partial charge in [-0.2, -0.15) is 4.31 Å². The molecule has 2 heterocycles. The monoisotopic (exact) mass is 498 g/mol. The summed E-state index contributed by atoms with van der Waals surface area (Å²) in [7, 11) is -3.88. The lowest BCUT2D eigenvalue weighted by Crippen LogP contribution is -2.55. The first-order valence-electron chi connectivity index (χ1n) is 10.3.